The van der Waals surface area contributed by atoms with Gasteiger partial charge in [-0.1, -0.05) is 65.5 Å². The van der Waals surface area contributed by atoms with Gasteiger partial charge in [0.1, 0.15) is 0 Å². The molecule has 1 N–H and O–H groups in total. The molecule has 4 aliphatic carbocycles. The normalized spacial score (nSPS) is 44.2. The average Bonchev–Trinajstić information content (AvgIpc) is 3.05. The van der Waals surface area contributed by atoms with Gasteiger partial charge in [-0.2, -0.15) is 4.21 Å². The quantitative estimate of drug-likeness (QED) is 0.322. The van der Waals surface area contributed by atoms with Crippen molar-refractivity contribution in [3.63, 3.8) is 0 Å². The van der Waals surface area contributed by atoms with Gasteiger partial charge in [0.15, 0.2) is 0 Å². The van der Waals surface area contributed by atoms with Crippen molar-refractivity contribution in [2.24, 2.45) is 46.3 Å². The van der Waals surface area contributed by atoms with E-state index < -0.39 is 11.4 Å². The Morgan fingerprint density at radius 3 is 2.58 bits per heavy atom. The Bertz CT molecular complexity index is 703. The van der Waals surface area contributed by atoms with E-state index in [0.29, 0.717) is 5.41 Å². The second kappa shape index (κ2) is 9.22. The minimum absolute atomic E-state index is 0.0851. The van der Waals surface area contributed by atoms with Gasteiger partial charge in [0, 0.05) is 0 Å². The lowest BCUT2D eigenvalue weighted by molar-refractivity contribution is -0.0557. The van der Waals surface area contributed by atoms with Crippen LogP contribution in [0, 0.1) is 46.3 Å². The van der Waals surface area contributed by atoms with Crippen LogP contribution in [0.3, 0.4) is 0 Å². The topological polar surface area (TPSA) is 46.5 Å². The third-order valence-corrected chi connectivity index (χ3v) is 10.9. The summed E-state index contributed by atoms with van der Waals surface area (Å²) in [7, 11) is 0. The van der Waals surface area contributed by atoms with Crippen molar-refractivity contribution in [2.45, 2.75) is 111 Å². The molecule has 178 valence electrons. The maximum Gasteiger partial charge on any atom is 0.302 e. The van der Waals surface area contributed by atoms with Crippen LogP contribution in [-0.4, -0.2) is 14.9 Å². The first-order valence-electron chi connectivity index (χ1n) is 13.1. The molecule has 0 aromatic heterocycles. The average molecular weight is 451 g/mol. The standard InChI is InChI=1S/C27H46O3S/c1-18(2)7-6-8-19(3)23-11-12-24-22-10-9-20-17-21(30-31(28)29)13-15-26(20,4)25(22)14-16-27(23,24)5/h9,18-19,21-25H,6-8,10-17H2,1-5H3,(H,28,29)/t19-,21+,22+,23-,24+,25+,26+,27-/m1/s1. The summed E-state index contributed by atoms with van der Waals surface area (Å²) < 4.78 is 25.6. The molecule has 0 aliphatic heterocycles. The van der Waals surface area contributed by atoms with Crippen LogP contribution in [-0.2, 0) is 15.5 Å². The Hall–Kier alpha value is -0.190. The molecule has 4 aliphatic rings. The third kappa shape index (κ3) is 4.47. The summed E-state index contributed by atoms with van der Waals surface area (Å²) >= 11 is -2.15. The number of fused-ring (bicyclic) bond motifs is 5. The fourth-order valence-corrected chi connectivity index (χ4v) is 9.25. The highest BCUT2D eigenvalue weighted by atomic mass is 32.2. The van der Waals surface area contributed by atoms with E-state index in [0.717, 1.165) is 54.8 Å². The van der Waals surface area contributed by atoms with Gasteiger partial charge in [0.25, 0.3) is 0 Å². The molecule has 1 unspecified atom stereocenters. The molecule has 0 saturated heterocycles. The third-order valence-electron chi connectivity index (χ3n) is 10.5. The number of allylic oxidation sites excluding steroid dienone is 1. The van der Waals surface area contributed by atoms with E-state index in [4.69, 9.17) is 8.74 Å². The zero-order valence-electron chi connectivity index (χ0n) is 20.6. The summed E-state index contributed by atoms with van der Waals surface area (Å²) in [4.78, 5) is 0. The molecule has 3 fully saturated rings. The first-order valence-corrected chi connectivity index (χ1v) is 14.2. The molecule has 0 aromatic rings. The maximum atomic E-state index is 11.1. The molecule has 3 saturated carbocycles. The number of hydrogen-bond acceptors (Lipinski definition) is 2. The van der Waals surface area contributed by atoms with Gasteiger partial charge in [0.05, 0.1) is 6.10 Å². The molecule has 0 radical (unpaired) electrons. The Balaban J connectivity index is 1.47. The summed E-state index contributed by atoms with van der Waals surface area (Å²) in [6, 6.07) is 0. The fraction of sp³-hybridized carbons (Fsp3) is 0.926. The molecule has 0 heterocycles. The molecule has 3 nitrogen and oxygen atoms in total. The van der Waals surface area contributed by atoms with Crippen LogP contribution in [0.2, 0.25) is 0 Å². The lowest BCUT2D eigenvalue weighted by atomic mass is 9.47. The van der Waals surface area contributed by atoms with Crippen LogP contribution in [0.1, 0.15) is 105 Å². The smallest absolute Gasteiger partial charge is 0.284 e. The van der Waals surface area contributed by atoms with Crippen molar-refractivity contribution in [1.29, 1.82) is 0 Å². The maximum absolute atomic E-state index is 11.1. The van der Waals surface area contributed by atoms with Crippen molar-refractivity contribution in [1.82, 2.24) is 0 Å². The zero-order chi connectivity index (χ0) is 22.4. The van der Waals surface area contributed by atoms with E-state index in [-0.39, 0.29) is 11.5 Å². The highest BCUT2D eigenvalue weighted by molar-refractivity contribution is 7.74. The second-order valence-electron chi connectivity index (χ2n) is 12.5. The largest absolute Gasteiger partial charge is 0.302 e. The minimum atomic E-state index is -2.15. The van der Waals surface area contributed by atoms with E-state index in [9.17, 15) is 4.21 Å². The monoisotopic (exact) mass is 450 g/mol. The predicted molar refractivity (Wildman–Crippen MR) is 129 cm³/mol. The van der Waals surface area contributed by atoms with Gasteiger partial charge in [-0.05, 0) is 97.7 Å². The summed E-state index contributed by atoms with van der Waals surface area (Å²) in [5.74, 6) is 5.12. The van der Waals surface area contributed by atoms with E-state index in [1.165, 1.54) is 56.9 Å². The first kappa shape index (κ1) is 24.0. The van der Waals surface area contributed by atoms with Crippen molar-refractivity contribution in [3.05, 3.63) is 11.6 Å². The van der Waals surface area contributed by atoms with Gasteiger partial charge >= 0.3 is 11.4 Å². The van der Waals surface area contributed by atoms with Gasteiger partial charge in [0.2, 0.25) is 0 Å². The summed E-state index contributed by atoms with van der Waals surface area (Å²) in [5, 5.41) is 0. The molecule has 4 heteroatoms. The highest BCUT2D eigenvalue weighted by Crippen LogP contribution is 2.67. The molecule has 31 heavy (non-hydrogen) atoms. The van der Waals surface area contributed by atoms with Gasteiger partial charge in [-0.15, -0.1) is 0 Å². The molecule has 0 bridgehead atoms. The Labute approximate surface area is 193 Å². The van der Waals surface area contributed by atoms with E-state index in [1.54, 1.807) is 0 Å². The van der Waals surface area contributed by atoms with E-state index in [1.807, 2.05) is 0 Å². The van der Waals surface area contributed by atoms with Crippen LogP contribution in [0.4, 0.5) is 0 Å². The lowest BCUT2D eigenvalue weighted by Gasteiger charge is -2.58. The van der Waals surface area contributed by atoms with Crippen molar-refractivity contribution in [2.75, 3.05) is 0 Å². The number of rotatable bonds is 7. The van der Waals surface area contributed by atoms with Gasteiger partial charge in [-0.3, -0.25) is 8.74 Å². The molecule has 0 spiro atoms. The van der Waals surface area contributed by atoms with E-state index >= 15 is 0 Å². The molecule has 9 atom stereocenters. The Morgan fingerprint density at radius 2 is 1.87 bits per heavy atom. The zero-order valence-corrected chi connectivity index (χ0v) is 21.4. The molecule has 4 rings (SSSR count). The lowest BCUT2D eigenvalue weighted by Crippen LogP contribution is -2.51. The molecule has 0 amide bonds. The summed E-state index contributed by atoms with van der Waals surface area (Å²) in [6.45, 7) is 12.4. The highest BCUT2D eigenvalue weighted by Gasteiger charge is 2.59. The van der Waals surface area contributed by atoms with Crippen LogP contribution < -0.4 is 0 Å². The van der Waals surface area contributed by atoms with Crippen molar-refractivity contribution >= 4 is 11.4 Å². The van der Waals surface area contributed by atoms with Crippen LogP contribution in [0.15, 0.2) is 11.6 Å². The predicted octanol–water partition coefficient (Wildman–Crippen LogP) is 7.55. The van der Waals surface area contributed by atoms with Crippen molar-refractivity contribution < 1.29 is 12.9 Å². The SMILES string of the molecule is CC(C)CCC[C@@H](C)[C@H]1CC[C@H]2[C@@H]3CC=C4C[C@@H](OS(=O)O)CC[C@]4(C)[C@H]3CC[C@]12C. The van der Waals surface area contributed by atoms with Gasteiger partial charge in [-0.25, -0.2) is 0 Å². The van der Waals surface area contributed by atoms with Gasteiger partial charge < -0.3 is 0 Å². The Morgan fingerprint density at radius 1 is 1.10 bits per heavy atom. The Kier molecular flexibility index (Phi) is 7.12. The molecular weight excluding hydrogens is 404 g/mol. The molecular formula is C27H46O3S. The van der Waals surface area contributed by atoms with Crippen molar-refractivity contribution in [3.8, 4) is 0 Å². The first-order chi connectivity index (χ1) is 14.6. The summed E-state index contributed by atoms with van der Waals surface area (Å²) in [5.41, 5.74) is 2.34. The number of hydrogen-bond donors (Lipinski definition) is 1. The fourth-order valence-electron chi connectivity index (χ4n) is 8.85. The van der Waals surface area contributed by atoms with Crippen LogP contribution >= 0.6 is 0 Å². The molecule has 0 aromatic carbocycles. The second-order valence-corrected chi connectivity index (χ2v) is 13.1. The summed E-state index contributed by atoms with van der Waals surface area (Å²) in [6.07, 6.45) is 16.4. The van der Waals surface area contributed by atoms with Crippen LogP contribution in [0.5, 0.6) is 0 Å². The minimum Gasteiger partial charge on any atom is -0.284 e. The van der Waals surface area contributed by atoms with Crippen LogP contribution in [0.25, 0.3) is 0 Å². The van der Waals surface area contributed by atoms with E-state index in [2.05, 4.69) is 40.7 Å².